The molecule has 2 aromatic carbocycles. The summed E-state index contributed by atoms with van der Waals surface area (Å²) in [5.74, 6) is -1.34. The maximum atomic E-state index is 13.9. The quantitative estimate of drug-likeness (QED) is 0.462. The zero-order chi connectivity index (χ0) is 22.7. The third-order valence-electron chi connectivity index (χ3n) is 4.97. The van der Waals surface area contributed by atoms with E-state index in [-0.39, 0.29) is 47.6 Å². The zero-order valence-corrected chi connectivity index (χ0v) is 17.5. The van der Waals surface area contributed by atoms with E-state index in [0.717, 1.165) is 0 Å². The van der Waals surface area contributed by atoms with E-state index in [0.29, 0.717) is 11.2 Å². The summed E-state index contributed by atoms with van der Waals surface area (Å²) in [5, 5.41) is 7.32. The van der Waals surface area contributed by atoms with E-state index < -0.39 is 17.5 Å². The van der Waals surface area contributed by atoms with E-state index in [2.05, 4.69) is 15.4 Å². The molecule has 1 amide bonds. The molecule has 2 aromatic heterocycles. The van der Waals surface area contributed by atoms with Gasteiger partial charge in [0.25, 0.3) is 5.56 Å². The number of carbonyl (C=O) groups excluding carboxylic acids is 1. The highest BCUT2D eigenvalue weighted by atomic mass is 35.5. The minimum absolute atomic E-state index is 0.0499. The van der Waals surface area contributed by atoms with Crippen LogP contribution >= 0.6 is 11.6 Å². The van der Waals surface area contributed by atoms with Crippen molar-refractivity contribution in [2.24, 2.45) is 0 Å². The van der Waals surface area contributed by atoms with Crippen LogP contribution in [0.3, 0.4) is 0 Å². The number of fused-ring (bicyclic) bond motifs is 1. The molecule has 1 N–H and O–H groups in total. The van der Waals surface area contributed by atoms with Gasteiger partial charge in [0.05, 0.1) is 25.7 Å². The topological polar surface area (TPSA) is 81.8 Å². The van der Waals surface area contributed by atoms with Gasteiger partial charge in [0.2, 0.25) is 5.91 Å². The maximum absolute atomic E-state index is 13.9. The molecule has 0 aliphatic rings. The summed E-state index contributed by atoms with van der Waals surface area (Å²) < 4.78 is 30.5. The third kappa shape index (κ3) is 4.52. The predicted octanol–water partition coefficient (Wildman–Crippen LogP) is 2.93. The van der Waals surface area contributed by atoms with Crippen molar-refractivity contribution in [3.8, 4) is 0 Å². The van der Waals surface area contributed by atoms with Crippen LogP contribution in [0.4, 0.5) is 8.78 Å². The standard InChI is InChI=1S/C22H18ClF2N5O2/c23-17-5-3-7-19(25)15(17)10-20(31)26-8-9-30-21-16(11-28-30)22(32)29(13-27-21)12-14-4-1-2-6-18(14)24/h1-7,11,13H,8-10,12H2,(H,26,31). The Labute approximate surface area is 186 Å². The summed E-state index contributed by atoms with van der Waals surface area (Å²) in [4.78, 5) is 29.2. The van der Waals surface area contributed by atoms with Crippen LogP contribution < -0.4 is 10.9 Å². The van der Waals surface area contributed by atoms with E-state index in [9.17, 15) is 18.4 Å². The highest BCUT2D eigenvalue weighted by Crippen LogP contribution is 2.19. The van der Waals surface area contributed by atoms with Gasteiger partial charge in [-0.25, -0.2) is 18.4 Å². The second kappa shape index (κ2) is 9.27. The van der Waals surface area contributed by atoms with Gasteiger partial charge >= 0.3 is 0 Å². The van der Waals surface area contributed by atoms with Gasteiger partial charge in [0.1, 0.15) is 23.3 Å². The first-order chi connectivity index (χ1) is 15.4. The lowest BCUT2D eigenvalue weighted by Gasteiger charge is -2.09. The van der Waals surface area contributed by atoms with Gasteiger partial charge in [0.15, 0.2) is 5.65 Å². The fourth-order valence-corrected chi connectivity index (χ4v) is 3.54. The van der Waals surface area contributed by atoms with Gasteiger partial charge in [0, 0.05) is 22.7 Å². The van der Waals surface area contributed by atoms with Crippen LogP contribution in [0.2, 0.25) is 5.02 Å². The second-order valence-electron chi connectivity index (χ2n) is 7.10. The number of hydrogen-bond acceptors (Lipinski definition) is 4. The molecule has 0 radical (unpaired) electrons. The van der Waals surface area contributed by atoms with Crippen molar-refractivity contribution in [1.82, 2.24) is 24.6 Å². The van der Waals surface area contributed by atoms with Crippen LogP contribution in [0.25, 0.3) is 11.0 Å². The fraction of sp³-hybridized carbons (Fsp3) is 0.182. The first-order valence-corrected chi connectivity index (χ1v) is 10.2. The Morgan fingerprint density at radius 2 is 1.88 bits per heavy atom. The summed E-state index contributed by atoms with van der Waals surface area (Å²) in [6.07, 6.45) is 2.54. The molecule has 0 fully saturated rings. The summed E-state index contributed by atoms with van der Waals surface area (Å²) in [7, 11) is 0. The molecule has 2 heterocycles. The van der Waals surface area contributed by atoms with Crippen molar-refractivity contribution in [2.75, 3.05) is 6.54 Å². The number of benzene rings is 2. The molecular weight excluding hydrogens is 440 g/mol. The van der Waals surface area contributed by atoms with Gasteiger partial charge < -0.3 is 5.32 Å². The highest BCUT2D eigenvalue weighted by Gasteiger charge is 2.14. The van der Waals surface area contributed by atoms with Crippen molar-refractivity contribution in [3.63, 3.8) is 0 Å². The Balaban J connectivity index is 1.42. The molecule has 7 nitrogen and oxygen atoms in total. The molecule has 0 bridgehead atoms. The minimum atomic E-state index is -0.540. The molecule has 4 rings (SSSR count). The van der Waals surface area contributed by atoms with E-state index in [1.54, 1.807) is 18.2 Å². The van der Waals surface area contributed by atoms with Crippen LogP contribution in [0, 0.1) is 11.6 Å². The summed E-state index contributed by atoms with van der Waals surface area (Å²) >= 11 is 5.95. The van der Waals surface area contributed by atoms with Crippen molar-refractivity contribution in [1.29, 1.82) is 0 Å². The average molecular weight is 458 g/mol. The van der Waals surface area contributed by atoms with Gasteiger partial charge in [-0.1, -0.05) is 35.9 Å². The van der Waals surface area contributed by atoms with Gasteiger partial charge in [-0.3, -0.25) is 14.2 Å². The Morgan fingerprint density at radius 1 is 1.09 bits per heavy atom. The van der Waals surface area contributed by atoms with Crippen LogP contribution in [-0.2, 0) is 24.3 Å². The lowest BCUT2D eigenvalue weighted by atomic mass is 10.1. The molecular formula is C22H18ClF2N5O2. The minimum Gasteiger partial charge on any atom is -0.354 e. The monoisotopic (exact) mass is 457 g/mol. The van der Waals surface area contributed by atoms with E-state index in [1.165, 1.54) is 46.0 Å². The Hall–Kier alpha value is -3.59. The maximum Gasteiger partial charge on any atom is 0.264 e. The number of aromatic nitrogens is 4. The van der Waals surface area contributed by atoms with Crippen LogP contribution in [-0.4, -0.2) is 31.8 Å². The van der Waals surface area contributed by atoms with Crippen molar-refractivity contribution in [3.05, 3.63) is 93.1 Å². The van der Waals surface area contributed by atoms with Crippen molar-refractivity contribution >= 4 is 28.5 Å². The van der Waals surface area contributed by atoms with Gasteiger partial charge in [-0.2, -0.15) is 5.10 Å². The Bertz CT molecular complexity index is 1330. The molecule has 10 heteroatoms. The highest BCUT2D eigenvalue weighted by molar-refractivity contribution is 6.31. The number of rotatable bonds is 7. The fourth-order valence-electron chi connectivity index (χ4n) is 3.31. The Morgan fingerprint density at radius 3 is 2.66 bits per heavy atom. The first-order valence-electron chi connectivity index (χ1n) is 9.78. The SMILES string of the molecule is O=C(Cc1c(F)cccc1Cl)NCCn1ncc2c(=O)n(Cc3ccccc3F)cnc21. The molecule has 0 atom stereocenters. The smallest absolute Gasteiger partial charge is 0.264 e. The first kappa shape index (κ1) is 21.6. The van der Waals surface area contributed by atoms with Gasteiger partial charge in [-0.05, 0) is 18.2 Å². The van der Waals surface area contributed by atoms with Crippen LogP contribution in [0.5, 0.6) is 0 Å². The van der Waals surface area contributed by atoms with Gasteiger partial charge in [-0.15, -0.1) is 0 Å². The number of amides is 1. The number of nitrogens with one attached hydrogen (secondary N) is 1. The lowest BCUT2D eigenvalue weighted by Crippen LogP contribution is -2.29. The number of halogens is 3. The molecule has 0 saturated heterocycles. The number of nitrogens with zero attached hydrogens (tertiary/aromatic N) is 4. The lowest BCUT2D eigenvalue weighted by molar-refractivity contribution is -0.120. The average Bonchev–Trinajstić information content (AvgIpc) is 3.18. The summed E-state index contributed by atoms with van der Waals surface area (Å²) in [6.45, 7) is 0.500. The molecule has 164 valence electrons. The number of hydrogen-bond donors (Lipinski definition) is 1. The van der Waals surface area contributed by atoms with Crippen molar-refractivity contribution in [2.45, 2.75) is 19.5 Å². The normalized spacial score (nSPS) is 11.1. The number of carbonyl (C=O) groups is 1. The van der Waals surface area contributed by atoms with Crippen LogP contribution in [0.15, 0.2) is 59.8 Å². The van der Waals surface area contributed by atoms with E-state index in [4.69, 9.17) is 11.6 Å². The van der Waals surface area contributed by atoms with Crippen molar-refractivity contribution < 1.29 is 13.6 Å². The largest absolute Gasteiger partial charge is 0.354 e. The second-order valence-corrected chi connectivity index (χ2v) is 7.51. The van der Waals surface area contributed by atoms with E-state index >= 15 is 0 Å². The zero-order valence-electron chi connectivity index (χ0n) is 16.8. The molecule has 32 heavy (non-hydrogen) atoms. The third-order valence-corrected chi connectivity index (χ3v) is 5.32. The summed E-state index contributed by atoms with van der Waals surface area (Å²) in [5.41, 5.74) is 0.517. The molecule has 4 aromatic rings. The molecule has 0 aliphatic heterocycles. The Kier molecular flexibility index (Phi) is 6.27. The molecule has 0 spiro atoms. The predicted molar refractivity (Wildman–Crippen MR) is 115 cm³/mol. The summed E-state index contributed by atoms with van der Waals surface area (Å²) in [6, 6.07) is 10.5. The van der Waals surface area contributed by atoms with E-state index in [1.807, 2.05) is 0 Å². The van der Waals surface area contributed by atoms with Crippen LogP contribution in [0.1, 0.15) is 11.1 Å². The molecule has 0 aliphatic carbocycles. The molecule has 0 unspecified atom stereocenters. The molecule has 0 saturated carbocycles.